The van der Waals surface area contributed by atoms with Crippen molar-refractivity contribution in [1.29, 1.82) is 0 Å². The summed E-state index contributed by atoms with van der Waals surface area (Å²) in [5, 5.41) is 4.09. The second-order valence-corrected chi connectivity index (χ2v) is 8.02. The van der Waals surface area contributed by atoms with E-state index in [1.54, 1.807) is 13.3 Å². The van der Waals surface area contributed by atoms with E-state index in [1.165, 1.54) is 0 Å². The van der Waals surface area contributed by atoms with Crippen LogP contribution in [-0.2, 0) is 17.8 Å². The van der Waals surface area contributed by atoms with Gasteiger partial charge in [0, 0.05) is 0 Å². The Morgan fingerprint density at radius 3 is 2.47 bits per heavy atom. The van der Waals surface area contributed by atoms with Crippen LogP contribution < -0.4 is 19.6 Å². The van der Waals surface area contributed by atoms with Gasteiger partial charge in [-0.25, -0.2) is 5.43 Å². The van der Waals surface area contributed by atoms with Crippen LogP contribution in [0, 0.1) is 3.57 Å². The van der Waals surface area contributed by atoms with Crippen molar-refractivity contribution in [1.82, 2.24) is 5.43 Å². The number of ether oxygens (including phenoxy) is 3. The number of carbonyl (C=O) groups is 1. The fourth-order valence-electron chi connectivity index (χ4n) is 2.94. The molecule has 0 aliphatic carbocycles. The first-order chi connectivity index (χ1) is 15.6. The highest BCUT2D eigenvalue weighted by molar-refractivity contribution is 14.1. The number of carbonyl (C=O) groups excluding carboxylic acids is 1. The second kappa shape index (κ2) is 12.1. The first-order valence-electron chi connectivity index (χ1n) is 10.2. The Kier molecular flexibility index (Phi) is 8.91. The van der Waals surface area contributed by atoms with Gasteiger partial charge in [0.05, 0.1) is 29.9 Å². The highest BCUT2D eigenvalue weighted by atomic mass is 127. The number of hydrogen-bond donors (Lipinski definition) is 1. The Hall–Kier alpha value is -3.07. The zero-order valence-electron chi connectivity index (χ0n) is 18.0. The fraction of sp³-hybridized carbons (Fsp3) is 0.200. The minimum Gasteiger partial charge on any atom is -0.497 e. The van der Waals surface area contributed by atoms with Gasteiger partial charge in [-0.15, -0.1) is 0 Å². The summed E-state index contributed by atoms with van der Waals surface area (Å²) < 4.78 is 17.8. The quantitative estimate of drug-likeness (QED) is 0.222. The summed E-state index contributed by atoms with van der Waals surface area (Å²) >= 11 is 2.22. The zero-order chi connectivity index (χ0) is 22.8. The number of nitrogens with one attached hydrogen (secondary N) is 1. The number of methoxy groups -OCH3 is 1. The summed E-state index contributed by atoms with van der Waals surface area (Å²) in [6.45, 7) is 2.89. The minimum atomic E-state index is -0.200. The normalized spacial score (nSPS) is 10.7. The molecule has 0 bridgehead atoms. The highest BCUT2D eigenvalue weighted by Gasteiger charge is 2.12. The van der Waals surface area contributed by atoms with E-state index in [2.05, 4.69) is 33.1 Å². The van der Waals surface area contributed by atoms with Crippen molar-refractivity contribution in [2.24, 2.45) is 5.10 Å². The number of hydrazone groups is 1. The van der Waals surface area contributed by atoms with Crippen molar-refractivity contribution in [3.8, 4) is 17.2 Å². The minimum absolute atomic E-state index is 0.200. The molecule has 32 heavy (non-hydrogen) atoms. The van der Waals surface area contributed by atoms with Crippen LogP contribution in [0.1, 0.15) is 23.6 Å². The van der Waals surface area contributed by atoms with Crippen LogP contribution in [-0.4, -0.2) is 25.8 Å². The average Bonchev–Trinajstić information content (AvgIpc) is 2.80. The van der Waals surface area contributed by atoms with Crippen molar-refractivity contribution in [2.45, 2.75) is 20.0 Å². The van der Waals surface area contributed by atoms with Crippen molar-refractivity contribution in [3.63, 3.8) is 0 Å². The van der Waals surface area contributed by atoms with Crippen LogP contribution in [0.25, 0.3) is 0 Å². The molecule has 3 aromatic carbocycles. The lowest BCUT2D eigenvalue weighted by Gasteiger charge is -2.14. The van der Waals surface area contributed by atoms with Crippen molar-refractivity contribution < 1.29 is 19.0 Å². The molecule has 0 atom stereocenters. The third-order valence-electron chi connectivity index (χ3n) is 4.48. The molecule has 0 fully saturated rings. The van der Waals surface area contributed by atoms with Gasteiger partial charge in [0.25, 0.3) is 0 Å². The lowest BCUT2D eigenvalue weighted by molar-refractivity contribution is -0.120. The van der Waals surface area contributed by atoms with Gasteiger partial charge in [0.1, 0.15) is 12.4 Å². The molecule has 0 aliphatic rings. The van der Waals surface area contributed by atoms with E-state index in [0.717, 1.165) is 26.0 Å². The summed E-state index contributed by atoms with van der Waals surface area (Å²) in [6.07, 6.45) is 1.83. The van der Waals surface area contributed by atoms with E-state index in [1.807, 2.05) is 73.7 Å². The van der Waals surface area contributed by atoms with Gasteiger partial charge < -0.3 is 14.2 Å². The van der Waals surface area contributed by atoms with Gasteiger partial charge in [-0.1, -0.05) is 42.5 Å². The molecule has 0 aromatic heterocycles. The number of rotatable bonds is 10. The van der Waals surface area contributed by atoms with Gasteiger partial charge in [-0.05, 0) is 70.5 Å². The van der Waals surface area contributed by atoms with Gasteiger partial charge in [-0.3, -0.25) is 4.79 Å². The van der Waals surface area contributed by atoms with Crippen LogP contribution >= 0.6 is 22.6 Å². The molecule has 3 aromatic rings. The van der Waals surface area contributed by atoms with Crippen molar-refractivity contribution in [3.05, 3.63) is 87.0 Å². The van der Waals surface area contributed by atoms with E-state index >= 15 is 0 Å². The van der Waals surface area contributed by atoms with Crippen molar-refractivity contribution in [2.75, 3.05) is 13.7 Å². The Labute approximate surface area is 201 Å². The van der Waals surface area contributed by atoms with Gasteiger partial charge in [-0.2, -0.15) is 5.10 Å². The van der Waals surface area contributed by atoms with Gasteiger partial charge >= 0.3 is 0 Å². The molecule has 166 valence electrons. The summed E-state index contributed by atoms with van der Waals surface area (Å²) in [6, 6.07) is 21.1. The summed E-state index contributed by atoms with van der Waals surface area (Å²) in [4.78, 5) is 12.2. The van der Waals surface area contributed by atoms with Crippen LogP contribution in [0.2, 0.25) is 0 Å². The monoisotopic (exact) mass is 544 g/mol. The molecule has 1 N–H and O–H groups in total. The van der Waals surface area contributed by atoms with E-state index in [9.17, 15) is 4.79 Å². The molecule has 7 heteroatoms. The molecule has 0 unspecified atom stereocenters. The molecule has 0 saturated carbocycles. The molecule has 0 spiro atoms. The molecule has 0 aliphatic heterocycles. The molecule has 6 nitrogen and oxygen atoms in total. The lowest BCUT2D eigenvalue weighted by Crippen LogP contribution is -2.19. The molecule has 0 radical (unpaired) electrons. The topological polar surface area (TPSA) is 69.2 Å². The zero-order valence-corrected chi connectivity index (χ0v) is 20.2. The van der Waals surface area contributed by atoms with Crippen molar-refractivity contribution >= 4 is 34.7 Å². The lowest BCUT2D eigenvalue weighted by atomic mass is 10.1. The summed E-state index contributed by atoms with van der Waals surface area (Å²) in [7, 11) is 1.61. The number of amides is 1. The number of halogens is 1. The van der Waals surface area contributed by atoms with Crippen LogP contribution in [0.4, 0.5) is 0 Å². The maximum atomic E-state index is 12.2. The molecule has 1 amide bonds. The fourth-order valence-corrected chi connectivity index (χ4v) is 3.72. The molecule has 0 saturated heterocycles. The molecular formula is C25H25IN2O4. The molecular weight excluding hydrogens is 519 g/mol. The Balaban J connectivity index is 1.63. The van der Waals surface area contributed by atoms with E-state index in [-0.39, 0.29) is 12.3 Å². The first kappa shape index (κ1) is 23.6. The third kappa shape index (κ3) is 6.98. The predicted molar refractivity (Wildman–Crippen MR) is 134 cm³/mol. The second-order valence-electron chi connectivity index (χ2n) is 6.86. The van der Waals surface area contributed by atoms with Gasteiger partial charge in [0.15, 0.2) is 11.5 Å². The van der Waals surface area contributed by atoms with E-state index < -0.39 is 0 Å². The van der Waals surface area contributed by atoms with Gasteiger partial charge in [0.2, 0.25) is 5.91 Å². The Bertz CT molecular complexity index is 1050. The van der Waals surface area contributed by atoms with Crippen LogP contribution in [0.3, 0.4) is 0 Å². The Morgan fingerprint density at radius 1 is 1.03 bits per heavy atom. The predicted octanol–water partition coefficient (Wildman–Crippen LogP) is 4.97. The third-order valence-corrected chi connectivity index (χ3v) is 5.29. The summed E-state index contributed by atoms with van der Waals surface area (Å²) in [5.41, 5.74) is 5.33. The first-order valence-corrected chi connectivity index (χ1v) is 11.2. The standard InChI is InChI=1S/C25H25IN2O4/c1-3-31-23-14-20(13-22(26)25(23)32-17-19-7-5-4-6-8-19)16-27-28-24(29)15-18-9-11-21(30-2)12-10-18/h4-14,16H,3,15,17H2,1-2H3,(H,28,29)/b27-16-. The summed E-state index contributed by atoms with van der Waals surface area (Å²) in [5.74, 6) is 1.88. The Morgan fingerprint density at radius 2 is 1.78 bits per heavy atom. The largest absolute Gasteiger partial charge is 0.497 e. The smallest absolute Gasteiger partial charge is 0.244 e. The maximum absolute atomic E-state index is 12.2. The van der Waals surface area contributed by atoms with Crippen LogP contribution in [0.15, 0.2) is 71.8 Å². The highest BCUT2D eigenvalue weighted by Crippen LogP contribution is 2.34. The average molecular weight is 544 g/mol. The maximum Gasteiger partial charge on any atom is 0.244 e. The molecule has 3 rings (SSSR count). The molecule has 0 heterocycles. The number of hydrogen-bond acceptors (Lipinski definition) is 5. The SMILES string of the molecule is CCOc1cc(/C=N\NC(=O)Cc2ccc(OC)cc2)cc(I)c1OCc1ccccc1. The van der Waals surface area contributed by atoms with Crippen LogP contribution in [0.5, 0.6) is 17.2 Å². The number of nitrogens with zero attached hydrogens (tertiary/aromatic N) is 1. The van der Waals surface area contributed by atoms with E-state index in [4.69, 9.17) is 14.2 Å². The van der Waals surface area contributed by atoms with E-state index in [0.29, 0.717) is 24.7 Å². The number of benzene rings is 3.